The second-order valence-electron chi connectivity index (χ2n) is 4.03. The second-order valence-corrected chi connectivity index (χ2v) is 5.68. The molecule has 0 aromatic heterocycles. The van der Waals surface area contributed by atoms with E-state index in [0.717, 1.165) is 0 Å². The number of benzene rings is 2. The monoisotopic (exact) mass is 401 g/mol. The van der Waals surface area contributed by atoms with Crippen LogP contribution in [-0.4, -0.2) is 5.97 Å². The van der Waals surface area contributed by atoms with Gasteiger partial charge in [0.05, 0.1) is 14.5 Å². The van der Waals surface area contributed by atoms with E-state index >= 15 is 0 Å². The molecule has 2 N–H and O–H groups in total. The van der Waals surface area contributed by atoms with Gasteiger partial charge in [0.25, 0.3) is 0 Å². The summed E-state index contributed by atoms with van der Waals surface area (Å²) in [4.78, 5) is 11.9. The van der Waals surface area contributed by atoms with Gasteiger partial charge < -0.3 is 10.5 Å². The van der Waals surface area contributed by atoms with Crippen LogP contribution in [0.5, 0.6) is 0 Å². The first kappa shape index (κ1) is 15.0. The average molecular weight is 403 g/mol. The standard InChI is InChI=1S/C14H10Br2FNO2/c15-10-6-8(4-5-11(10)17)7-20-14(19)9-2-1-3-12(18)13(9)16/h1-6H,7,18H2. The molecule has 0 saturated carbocycles. The third-order valence-corrected chi connectivity index (χ3v) is 4.10. The maximum absolute atomic E-state index is 13.1. The molecule has 0 aliphatic heterocycles. The van der Waals surface area contributed by atoms with Crippen LogP contribution in [0.15, 0.2) is 45.3 Å². The molecule has 0 radical (unpaired) electrons. The predicted molar refractivity (Wildman–Crippen MR) is 81.8 cm³/mol. The zero-order chi connectivity index (χ0) is 14.7. The Kier molecular flexibility index (Phi) is 4.77. The van der Waals surface area contributed by atoms with Crippen molar-refractivity contribution in [3.05, 3.63) is 62.3 Å². The summed E-state index contributed by atoms with van der Waals surface area (Å²) in [5.74, 6) is -0.858. The fourth-order valence-corrected chi connectivity index (χ4v) is 2.42. The minimum atomic E-state index is -0.496. The molecule has 104 valence electrons. The van der Waals surface area contributed by atoms with E-state index in [9.17, 15) is 9.18 Å². The maximum atomic E-state index is 13.1. The molecule has 2 rings (SSSR count). The molecular formula is C14H10Br2FNO2. The summed E-state index contributed by atoms with van der Waals surface area (Å²) in [7, 11) is 0. The molecule has 6 heteroatoms. The largest absolute Gasteiger partial charge is 0.457 e. The van der Waals surface area contributed by atoms with Gasteiger partial charge in [-0.25, -0.2) is 9.18 Å². The van der Waals surface area contributed by atoms with E-state index < -0.39 is 5.97 Å². The molecule has 3 nitrogen and oxygen atoms in total. The Balaban J connectivity index is 2.08. The highest BCUT2D eigenvalue weighted by Gasteiger charge is 2.13. The highest BCUT2D eigenvalue weighted by atomic mass is 79.9. The molecule has 0 fully saturated rings. The highest BCUT2D eigenvalue weighted by molar-refractivity contribution is 9.11. The summed E-state index contributed by atoms with van der Waals surface area (Å²) in [6.07, 6.45) is 0. The van der Waals surface area contributed by atoms with Crippen LogP contribution in [0.25, 0.3) is 0 Å². The molecule has 20 heavy (non-hydrogen) atoms. The van der Waals surface area contributed by atoms with Crippen molar-refractivity contribution in [1.29, 1.82) is 0 Å². The number of halogens is 3. The lowest BCUT2D eigenvalue weighted by atomic mass is 10.2. The summed E-state index contributed by atoms with van der Waals surface area (Å²) < 4.78 is 19.1. The maximum Gasteiger partial charge on any atom is 0.339 e. The fraction of sp³-hybridized carbons (Fsp3) is 0.0714. The number of anilines is 1. The molecule has 0 heterocycles. The molecule has 0 atom stereocenters. The second kappa shape index (κ2) is 6.37. The number of hydrogen-bond donors (Lipinski definition) is 1. The highest BCUT2D eigenvalue weighted by Crippen LogP contribution is 2.25. The van der Waals surface area contributed by atoms with E-state index in [1.54, 1.807) is 30.3 Å². The van der Waals surface area contributed by atoms with Gasteiger partial charge in [-0.15, -0.1) is 0 Å². The van der Waals surface area contributed by atoms with Crippen molar-refractivity contribution in [3.8, 4) is 0 Å². The number of carbonyl (C=O) groups is 1. The predicted octanol–water partition coefficient (Wildman–Crippen LogP) is 4.29. The minimum Gasteiger partial charge on any atom is -0.457 e. The Morgan fingerprint density at radius 3 is 2.70 bits per heavy atom. The van der Waals surface area contributed by atoms with Crippen molar-refractivity contribution >= 4 is 43.5 Å². The van der Waals surface area contributed by atoms with Crippen molar-refractivity contribution in [1.82, 2.24) is 0 Å². The topological polar surface area (TPSA) is 52.3 Å². The number of carbonyl (C=O) groups excluding carboxylic acids is 1. The van der Waals surface area contributed by atoms with E-state index in [2.05, 4.69) is 31.9 Å². The minimum absolute atomic E-state index is 0.0545. The van der Waals surface area contributed by atoms with Crippen LogP contribution < -0.4 is 5.73 Å². The first-order valence-electron chi connectivity index (χ1n) is 5.64. The normalized spacial score (nSPS) is 10.3. The summed E-state index contributed by atoms with van der Waals surface area (Å²) in [6, 6.07) is 9.40. The molecule has 0 amide bonds. The van der Waals surface area contributed by atoms with Gasteiger partial charge in [-0.2, -0.15) is 0 Å². The lowest BCUT2D eigenvalue weighted by Crippen LogP contribution is -2.07. The molecular weight excluding hydrogens is 393 g/mol. The number of nitrogen functional groups attached to an aromatic ring is 1. The van der Waals surface area contributed by atoms with Crippen LogP contribution in [0.4, 0.5) is 10.1 Å². The zero-order valence-corrected chi connectivity index (χ0v) is 13.4. The summed E-state index contributed by atoms with van der Waals surface area (Å²) in [5, 5.41) is 0. The van der Waals surface area contributed by atoms with Gasteiger partial charge in [0.15, 0.2) is 0 Å². The van der Waals surface area contributed by atoms with Crippen LogP contribution in [0.1, 0.15) is 15.9 Å². The first-order valence-corrected chi connectivity index (χ1v) is 7.22. The number of esters is 1. The van der Waals surface area contributed by atoms with E-state index in [1.807, 2.05) is 0 Å². The smallest absolute Gasteiger partial charge is 0.339 e. The van der Waals surface area contributed by atoms with Crippen LogP contribution in [0.3, 0.4) is 0 Å². The SMILES string of the molecule is Nc1cccc(C(=O)OCc2ccc(F)c(Br)c2)c1Br. The van der Waals surface area contributed by atoms with Crippen molar-refractivity contribution in [2.24, 2.45) is 0 Å². The van der Waals surface area contributed by atoms with E-state index in [1.165, 1.54) is 6.07 Å². The molecule has 2 aromatic carbocycles. The van der Waals surface area contributed by atoms with Gasteiger partial charge in [0.2, 0.25) is 0 Å². The molecule has 0 spiro atoms. The molecule has 0 unspecified atom stereocenters. The Morgan fingerprint density at radius 1 is 1.25 bits per heavy atom. The van der Waals surface area contributed by atoms with E-state index in [0.29, 0.717) is 25.8 Å². The Morgan fingerprint density at radius 2 is 2.00 bits per heavy atom. The summed E-state index contributed by atoms with van der Waals surface area (Å²) in [5.41, 5.74) is 7.20. The number of nitrogens with two attached hydrogens (primary N) is 1. The first-order chi connectivity index (χ1) is 9.49. The van der Waals surface area contributed by atoms with Gasteiger partial charge >= 0.3 is 5.97 Å². The van der Waals surface area contributed by atoms with Crippen molar-refractivity contribution in [2.45, 2.75) is 6.61 Å². The van der Waals surface area contributed by atoms with Crippen molar-refractivity contribution in [2.75, 3.05) is 5.73 Å². The van der Waals surface area contributed by atoms with Gasteiger partial charge in [0.1, 0.15) is 12.4 Å². The van der Waals surface area contributed by atoms with E-state index in [4.69, 9.17) is 10.5 Å². The van der Waals surface area contributed by atoms with Crippen molar-refractivity contribution < 1.29 is 13.9 Å². The molecule has 0 bridgehead atoms. The van der Waals surface area contributed by atoms with E-state index in [-0.39, 0.29) is 12.4 Å². The Labute approximate surface area is 132 Å². The quantitative estimate of drug-likeness (QED) is 0.615. The molecule has 0 aliphatic carbocycles. The third-order valence-electron chi connectivity index (χ3n) is 2.60. The average Bonchev–Trinajstić information content (AvgIpc) is 2.43. The Bertz CT molecular complexity index is 662. The number of ether oxygens (including phenoxy) is 1. The number of hydrogen-bond acceptors (Lipinski definition) is 3. The van der Waals surface area contributed by atoms with Gasteiger partial charge in [-0.3, -0.25) is 0 Å². The zero-order valence-electron chi connectivity index (χ0n) is 10.2. The fourth-order valence-electron chi connectivity index (χ4n) is 1.56. The van der Waals surface area contributed by atoms with Crippen LogP contribution in [0, 0.1) is 5.82 Å². The lowest BCUT2D eigenvalue weighted by Gasteiger charge is -2.08. The van der Waals surface area contributed by atoms with Crippen molar-refractivity contribution in [3.63, 3.8) is 0 Å². The van der Waals surface area contributed by atoms with Crippen LogP contribution >= 0.6 is 31.9 Å². The Hall–Kier alpha value is -1.40. The van der Waals surface area contributed by atoms with Crippen LogP contribution in [0.2, 0.25) is 0 Å². The van der Waals surface area contributed by atoms with Gasteiger partial charge in [0, 0.05) is 5.69 Å². The molecule has 2 aromatic rings. The van der Waals surface area contributed by atoms with Crippen LogP contribution in [-0.2, 0) is 11.3 Å². The lowest BCUT2D eigenvalue weighted by molar-refractivity contribution is 0.0471. The number of rotatable bonds is 3. The third kappa shape index (κ3) is 3.37. The summed E-state index contributed by atoms with van der Waals surface area (Å²) >= 11 is 6.32. The molecule has 0 saturated heterocycles. The summed E-state index contributed by atoms with van der Waals surface area (Å²) in [6.45, 7) is 0.0545. The van der Waals surface area contributed by atoms with Gasteiger partial charge in [-0.1, -0.05) is 12.1 Å². The molecule has 0 aliphatic rings. The van der Waals surface area contributed by atoms with Gasteiger partial charge in [-0.05, 0) is 61.7 Å².